The lowest BCUT2D eigenvalue weighted by Gasteiger charge is -2.09. The highest BCUT2D eigenvalue weighted by Crippen LogP contribution is 2.21. The van der Waals surface area contributed by atoms with Gasteiger partial charge in [-0.05, 0) is 6.07 Å². The highest BCUT2D eigenvalue weighted by molar-refractivity contribution is 5.99. The van der Waals surface area contributed by atoms with Crippen molar-refractivity contribution >= 4 is 23.2 Å². The number of carbonyl (C=O) groups excluding carboxylic acids is 2. The van der Waals surface area contributed by atoms with Crippen molar-refractivity contribution in [2.24, 2.45) is 5.73 Å². The molecule has 0 aromatic heterocycles. The van der Waals surface area contributed by atoms with Gasteiger partial charge in [-0.1, -0.05) is 5.92 Å². The van der Waals surface area contributed by atoms with Crippen molar-refractivity contribution in [3.63, 3.8) is 0 Å². The molecule has 0 aliphatic carbocycles. The maximum Gasteiger partial charge on any atom is 0.270 e. The lowest BCUT2D eigenvalue weighted by molar-refractivity contribution is -0.384. The third-order valence-corrected chi connectivity index (χ3v) is 2.31. The minimum atomic E-state index is -0.833. The van der Waals surface area contributed by atoms with Gasteiger partial charge in [-0.15, -0.1) is 6.42 Å². The van der Waals surface area contributed by atoms with Crippen LogP contribution >= 0.6 is 0 Å². The number of amides is 2. The number of anilines is 1. The van der Waals surface area contributed by atoms with Gasteiger partial charge in [-0.2, -0.15) is 0 Å². The molecule has 20 heavy (non-hydrogen) atoms. The van der Waals surface area contributed by atoms with Gasteiger partial charge in [0.2, 0.25) is 5.91 Å². The zero-order chi connectivity index (χ0) is 15.1. The molecule has 8 nitrogen and oxygen atoms in total. The van der Waals surface area contributed by atoms with Crippen molar-refractivity contribution < 1.29 is 14.5 Å². The van der Waals surface area contributed by atoms with E-state index in [-0.39, 0.29) is 35.9 Å². The average Bonchev–Trinajstić information content (AvgIpc) is 2.42. The van der Waals surface area contributed by atoms with Gasteiger partial charge in [-0.25, -0.2) is 0 Å². The van der Waals surface area contributed by atoms with Crippen molar-refractivity contribution in [2.45, 2.75) is 0 Å². The number of non-ortho nitro benzene ring substituents is 1. The zero-order valence-corrected chi connectivity index (χ0v) is 10.4. The standard InChI is InChI=1S/C12H12N4O4/c1-2-5-14-11(17)7-15-10-4-3-8(16(19)20)6-9(10)12(13)18/h1,3-4,6,15H,5,7H2,(H2,13,18)(H,14,17). The predicted molar refractivity (Wildman–Crippen MR) is 71.9 cm³/mol. The van der Waals surface area contributed by atoms with Gasteiger partial charge in [0.1, 0.15) is 0 Å². The van der Waals surface area contributed by atoms with Gasteiger partial charge >= 0.3 is 0 Å². The smallest absolute Gasteiger partial charge is 0.270 e. The highest BCUT2D eigenvalue weighted by atomic mass is 16.6. The second-order valence-electron chi connectivity index (χ2n) is 3.69. The van der Waals surface area contributed by atoms with Crippen LogP contribution in [0.5, 0.6) is 0 Å². The minimum Gasteiger partial charge on any atom is -0.376 e. The second-order valence-corrected chi connectivity index (χ2v) is 3.69. The van der Waals surface area contributed by atoms with E-state index in [1.807, 2.05) is 0 Å². The summed E-state index contributed by atoms with van der Waals surface area (Å²) in [6, 6.07) is 3.56. The molecule has 4 N–H and O–H groups in total. The van der Waals surface area contributed by atoms with Crippen molar-refractivity contribution in [3.05, 3.63) is 33.9 Å². The van der Waals surface area contributed by atoms with Crippen LogP contribution in [0.2, 0.25) is 0 Å². The van der Waals surface area contributed by atoms with E-state index in [1.165, 1.54) is 12.1 Å². The summed E-state index contributed by atoms with van der Waals surface area (Å²) in [5.41, 5.74) is 5.05. The fourth-order valence-electron chi connectivity index (χ4n) is 1.39. The number of hydrogen-bond donors (Lipinski definition) is 3. The van der Waals surface area contributed by atoms with Crippen LogP contribution in [0, 0.1) is 22.5 Å². The molecule has 0 saturated heterocycles. The third kappa shape index (κ3) is 3.99. The molecule has 0 aliphatic rings. The number of carbonyl (C=O) groups is 2. The summed E-state index contributed by atoms with van der Waals surface area (Å²) in [5, 5.41) is 15.7. The Balaban J connectivity index is 2.85. The molecule has 0 radical (unpaired) electrons. The Kier molecular flexibility index (Phi) is 5.05. The van der Waals surface area contributed by atoms with E-state index < -0.39 is 10.8 Å². The van der Waals surface area contributed by atoms with Crippen LogP contribution in [-0.2, 0) is 4.79 Å². The molecular weight excluding hydrogens is 264 g/mol. The molecule has 0 heterocycles. The summed E-state index contributed by atoms with van der Waals surface area (Å²) >= 11 is 0. The largest absolute Gasteiger partial charge is 0.376 e. The van der Waals surface area contributed by atoms with E-state index in [2.05, 4.69) is 16.6 Å². The lowest BCUT2D eigenvalue weighted by atomic mass is 10.1. The third-order valence-electron chi connectivity index (χ3n) is 2.31. The number of nitrogens with one attached hydrogen (secondary N) is 2. The molecule has 0 atom stereocenters. The van der Waals surface area contributed by atoms with Crippen LogP contribution in [-0.4, -0.2) is 29.8 Å². The molecule has 1 rings (SSSR count). The Morgan fingerprint density at radius 2 is 2.15 bits per heavy atom. The minimum absolute atomic E-state index is 0.0658. The first kappa shape index (κ1) is 15.0. The van der Waals surface area contributed by atoms with E-state index in [0.717, 1.165) is 6.07 Å². The fourth-order valence-corrected chi connectivity index (χ4v) is 1.39. The summed E-state index contributed by atoms with van der Waals surface area (Å²) in [6.07, 6.45) is 4.98. The summed E-state index contributed by atoms with van der Waals surface area (Å²) in [5.74, 6) is 1.03. The van der Waals surface area contributed by atoms with Crippen LogP contribution in [0.15, 0.2) is 18.2 Å². The van der Waals surface area contributed by atoms with Crippen LogP contribution in [0.25, 0.3) is 0 Å². The summed E-state index contributed by atoms with van der Waals surface area (Å²) in [7, 11) is 0. The van der Waals surface area contributed by atoms with E-state index in [0.29, 0.717) is 0 Å². The molecule has 0 spiro atoms. The Labute approximate surface area is 114 Å². The number of benzene rings is 1. The number of nitrogens with zero attached hydrogens (tertiary/aromatic N) is 1. The van der Waals surface area contributed by atoms with E-state index in [9.17, 15) is 19.7 Å². The van der Waals surface area contributed by atoms with Gasteiger partial charge in [0, 0.05) is 17.8 Å². The monoisotopic (exact) mass is 276 g/mol. The van der Waals surface area contributed by atoms with Crippen molar-refractivity contribution in [1.29, 1.82) is 0 Å². The quantitative estimate of drug-likeness (QED) is 0.378. The molecule has 0 saturated carbocycles. The Bertz CT molecular complexity index is 592. The first-order valence-electron chi connectivity index (χ1n) is 5.48. The zero-order valence-electron chi connectivity index (χ0n) is 10.4. The topological polar surface area (TPSA) is 127 Å². The van der Waals surface area contributed by atoms with Gasteiger partial charge in [0.15, 0.2) is 0 Å². The Morgan fingerprint density at radius 1 is 1.45 bits per heavy atom. The van der Waals surface area contributed by atoms with Crippen LogP contribution in [0.4, 0.5) is 11.4 Å². The molecule has 1 aromatic rings. The highest BCUT2D eigenvalue weighted by Gasteiger charge is 2.15. The van der Waals surface area contributed by atoms with Gasteiger partial charge in [-0.3, -0.25) is 19.7 Å². The van der Waals surface area contributed by atoms with Crippen molar-refractivity contribution in [3.8, 4) is 12.3 Å². The SMILES string of the molecule is C#CCNC(=O)CNc1ccc([N+](=O)[O-])cc1C(N)=O. The number of hydrogen-bond acceptors (Lipinski definition) is 5. The Hall–Kier alpha value is -3.08. The van der Waals surface area contributed by atoms with E-state index >= 15 is 0 Å². The van der Waals surface area contributed by atoms with Crippen LogP contribution < -0.4 is 16.4 Å². The number of nitrogens with two attached hydrogens (primary N) is 1. The summed E-state index contributed by atoms with van der Waals surface area (Å²) in [6.45, 7) is -0.0524. The molecule has 1 aromatic carbocycles. The van der Waals surface area contributed by atoms with Crippen molar-refractivity contribution in [2.75, 3.05) is 18.4 Å². The van der Waals surface area contributed by atoms with E-state index in [1.54, 1.807) is 0 Å². The molecule has 0 unspecified atom stereocenters. The first-order valence-corrected chi connectivity index (χ1v) is 5.48. The molecule has 0 fully saturated rings. The Morgan fingerprint density at radius 3 is 2.70 bits per heavy atom. The maximum absolute atomic E-state index is 11.3. The molecule has 2 amide bonds. The predicted octanol–water partition coefficient (Wildman–Crippen LogP) is -0.145. The van der Waals surface area contributed by atoms with Gasteiger partial charge in [0.25, 0.3) is 11.6 Å². The van der Waals surface area contributed by atoms with Crippen LogP contribution in [0.1, 0.15) is 10.4 Å². The summed E-state index contributed by atoms with van der Waals surface area (Å²) in [4.78, 5) is 32.6. The van der Waals surface area contributed by atoms with Crippen LogP contribution in [0.3, 0.4) is 0 Å². The normalized spacial score (nSPS) is 9.35. The lowest BCUT2D eigenvalue weighted by Crippen LogP contribution is -2.30. The molecule has 0 bridgehead atoms. The first-order chi connectivity index (χ1) is 9.45. The number of primary amides is 1. The van der Waals surface area contributed by atoms with Gasteiger partial charge < -0.3 is 16.4 Å². The van der Waals surface area contributed by atoms with Gasteiger partial charge in [0.05, 0.1) is 23.6 Å². The molecular formula is C12H12N4O4. The maximum atomic E-state index is 11.3. The summed E-state index contributed by atoms with van der Waals surface area (Å²) < 4.78 is 0. The van der Waals surface area contributed by atoms with Crippen molar-refractivity contribution in [1.82, 2.24) is 5.32 Å². The second kappa shape index (κ2) is 6.75. The molecule has 8 heteroatoms. The van der Waals surface area contributed by atoms with E-state index in [4.69, 9.17) is 12.2 Å². The number of nitro groups is 1. The molecule has 0 aliphatic heterocycles. The fraction of sp³-hybridized carbons (Fsp3) is 0.167. The number of terminal acetylenes is 1. The number of rotatable bonds is 6. The molecule has 104 valence electrons. The average molecular weight is 276 g/mol. The number of nitro benzene ring substituents is 1.